The molecule has 0 saturated heterocycles. The zero-order valence-electron chi connectivity index (χ0n) is 17.2. The molecule has 4 rings (SSSR count). The van der Waals surface area contributed by atoms with Gasteiger partial charge in [0.05, 0.1) is 17.3 Å². The van der Waals surface area contributed by atoms with Gasteiger partial charge in [0.1, 0.15) is 0 Å². The third-order valence-corrected chi connectivity index (χ3v) is 5.44. The van der Waals surface area contributed by atoms with Crippen molar-refractivity contribution in [2.45, 2.75) is 25.8 Å². The molecule has 1 heterocycles. The number of carbonyl (C=O) groups excluding carboxylic acids is 1. The molecule has 0 saturated carbocycles. The van der Waals surface area contributed by atoms with E-state index in [1.165, 1.54) is 5.56 Å². The molecule has 1 amide bonds. The van der Waals surface area contributed by atoms with Crippen LogP contribution < -0.4 is 5.32 Å². The maximum atomic E-state index is 12.8. The van der Waals surface area contributed by atoms with Crippen molar-refractivity contribution < 1.29 is 9.21 Å². The Morgan fingerprint density at radius 3 is 2.39 bits per heavy atom. The first kappa shape index (κ1) is 20.9. The SMILES string of the molecule is Cc1ccc([C@@H](NC(=O)CCc2ncc(-c3ccccc3Cl)o2)c2ccccc2)cc1. The Morgan fingerprint density at radius 1 is 0.968 bits per heavy atom. The third-order valence-electron chi connectivity index (χ3n) is 5.11. The summed E-state index contributed by atoms with van der Waals surface area (Å²) >= 11 is 6.23. The summed E-state index contributed by atoms with van der Waals surface area (Å²) in [6.07, 6.45) is 2.33. The highest BCUT2D eigenvalue weighted by atomic mass is 35.5. The molecule has 0 aliphatic carbocycles. The average molecular weight is 431 g/mol. The lowest BCUT2D eigenvalue weighted by atomic mass is 9.97. The van der Waals surface area contributed by atoms with E-state index in [0.29, 0.717) is 23.1 Å². The summed E-state index contributed by atoms with van der Waals surface area (Å²) in [5.41, 5.74) is 4.05. The van der Waals surface area contributed by atoms with E-state index in [9.17, 15) is 4.79 Å². The van der Waals surface area contributed by atoms with Crippen molar-refractivity contribution in [2.75, 3.05) is 0 Å². The smallest absolute Gasteiger partial charge is 0.221 e. The van der Waals surface area contributed by atoms with Gasteiger partial charge in [-0.05, 0) is 30.2 Å². The maximum absolute atomic E-state index is 12.8. The first-order chi connectivity index (χ1) is 15.1. The van der Waals surface area contributed by atoms with E-state index in [4.69, 9.17) is 16.0 Å². The van der Waals surface area contributed by atoms with Crippen LogP contribution in [0.1, 0.15) is 35.0 Å². The molecule has 1 aromatic heterocycles. The molecule has 4 aromatic rings. The van der Waals surface area contributed by atoms with E-state index < -0.39 is 0 Å². The largest absolute Gasteiger partial charge is 0.441 e. The van der Waals surface area contributed by atoms with Crippen LogP contribution in [0.3, 0.4) is 0 Å². The van der Waals surface area contributed by atoms with E-state index in [0.717, 1.165) is 16.7 Å². The molecule has 31 heavy (non-hydrogen) atoms. The number of carbonyl (C=O) groups is 1. The second kappa shape index (κ2) is 9.63. The summed E-state index contributed by atoms with van der Waals surface area (Å²) in [7, 11) is 0. The first-order valence-electron chi connectivity index (χ1n) is 10.2. The van der Waals surface area contributed by atoms with Gasteiger partial charge in [-0.3, -0.25) is 4.79 Å². The van der Waals surface area contributed by atoms with Crippen LogP contribution in [0.15, 0.2) is 89.5 Å². The highest BCUT2D eigenvalue weighted by molar-refractivity contribution is 6.33. The number of amides is 1. The lowest BCUT2D eigenvalue weighted by Gasteiger charge is -2.20. The second-order valence-corrected chi connectivity index (χ2v) is 7.83. The van der Waals surface area contributed by atoms with Crippen molar-refractivity contribution in [3.05, 3.63) is 113 Å². The highest BCUT2D eigenvalue weighted by Gasteiger charge is 2.17. The molecule has 0 radical (unpaired) electrons. The molecule has 1 atom stereocenters. The summed E-state index contributed by atoms with van der Waals surface area (Å²) in [4.78, 5) is 17.1. The van der Waals surface area contributed by atoms with Crippen LogP contribution in [-0.4, -0.2) is 10.9 Å². The van der Waals surface area contributed by atoms with Gasteiger partial charge in [0.2, 0.25) is 5.91 Å². The van der Waals surface area contributed by atoms with E-state index in [2.05, 4.69) is 34.6 Å². The Labute approximate surface area is 186 Å². The zero-order valence-corrected chi connectivity index (χ0v) is 18.0. The Hall–Kier alpha value is -3.37. The third kappa shape index (κ3) is 5.22. The number of benzene rings is 3. The molecule has 3 aromatic carbocycles. The van der Waals surface area contributed by atoms with Crippen LogP contribution in [-0.2, 0) is 11.2 Å². The van der Waals surface area contributed by atoms with Crippen molar-refractivity contribution >= 4 is 17.5 Å². The number of rotatable bonds is 7. The van der Waals surface area contributed by atoms with Crippen LogP contribution in [0, 0.1) is 6.92 Å². The first-order valence-corrected chi connectivity index (χ1v) is 10.6. The molecule has 0 unspecified atom stereocenters. The van der Waals surface area contributed by atoms with Crippen LogP contribution in [0.2, 0.25) is 5.02 Å². The molecular weight excluding hydrogens is 408 g/mol. The maximum Gasteiger partial charge on any atom is 0.221 e. The zero-order chi connectivity index (χ0) is 21.6. The number of oxazole rings is 1. The molecule has 156 valence electrons. The van der Waals surface area contributed by atoms with Crippen LogP contribution in [0.25, 0.3) is 11.3 Å². The fourth-order valence-corrected chi connectivity index (χ4v) is 3.66. The molecule has 0 aliphatic heterocycles. The monoisotopic (exact) mass is 430 g/mol. The minimum atomic E-state index is -0.211. The Balaban J connectivity index is 1.44. The van der Waals surface area contributed by atoms with Crippen molar-refractivity contribution in [2.24, 2.45) is 0 Å². The van der Waals surface area contributed by atoms with Crippen LogP contribution >= 0.6 is 11.6 Å². The normalized spacial score (nSPS) is 11.8. The lowest BCUT2D eigenvalue weighted by Crippen LogP contribution is -2.29. The van der Waals surface area contributed by atoms with Crippen molar-refractivity contribution in [1.29, 1.82) is 0 Å². The van der Waals surface area contributed by atoms with Crippen LogP contribution in [0.4, 0.5) is 0 Å². The van der Waals surface area contributed by atoms with E-state index in [-0.39, 0.29) is 18.4 Å². The molecule has 0 bridgehead atoms. The predicted molar refractivity (Wildman–Crippen MR) is 123 cm³/mol. The van der Waals surface area contributed by atoms with E-state index in [1.807, 2.05) is 55.5 Å². The van der Waals surface area contributed by atoms with E-state index >= 15 is 0 Å². The van der Waals surface area contributed by atoms with Gasteiger partial charge in [0, 0.05) is 18.4 Å². The van der Waals surface area contributed by atoms with Gasteiger partial charge in [0.25, 0.3) is 0 Å². The topological polar surface area (TPSA) is 55.1 Å². The summed E-state index contributed by atoms with van der Waals surface area (Å²) in [6.45, 7) is 2.05. The number of aryl methyl sites for hydroxylation is 2. The predicted octanol–water partition coefficient (Wildman–Crippen LogP) is 6.14. The van der Waals surface area contributed by atoms with E-state index in [1.54, 1.807) is 12.3 Å². The molecule has 0 spiro atoms. The summed E-state index contributed by atoms with van der Waals surface area (Å²) in [6, 6.07) is 25.4. The summed E-state index contributed by atoms with van der Waals surface area (Å²) in [5, 5.41) is 3.76. The number of hydrogen-bond acceptors (Lipinski definition) is 3. The van der Waals surface area contributed by atoms with Gasteiger partial charge in [-0.1, -0.05) is 83.9 Å². The minimum absolute atomic E-state index is 0.0630. The Kier molecular flexibility index (Phi) is 6.48. The number of halogens is 1. The standard InChI is InChI=1S/C26H23ClN2O2/c1-18-11-13-20(14-12-18)26(19-7-3-2-4-8-19)29-24(30)15-16-25-28-17-23(31-25)21-9-5-6-10-22(21)27/h2-14,17,26H,15-16H2,1H3,(H,29,30)/t26-/m0/s1. The number of hydrogen-bond donors (Lipinski definition) is 1. The van der Waals surface area contributed by atoms with Crippen molar-refractivity contribution in [1.82, 2.24) is 10.3 Å². The average Bonchev–Trinajstić information content (AvgIpc) is 3.26. The fraction of sp³-hybridized carbons (Fsp3) is 0.154. The Bertz CT molecular complexity index is 1150. The van der Waals surface area contributed by atoms with Crippen LogP contribution in [0.5, 0.6) is 0 Å². The van der Waals surface area contributed by atoms with Gasteiger partial charge >= 0.3 is 0 Å². The second-order valence-electron chi connectivity index (χ2n) is 7.42. The highest BCUT2D eigenvalue weighted by Crippen LogP contribution is 2.28. The van der Waals surface area contributed by atoms with Crippen molar-refractivity contribution in [3.8, 4) is 11.3 Å². The summed E-state index contributed by atoms with van der Waals surface area (Å²) < 4.78 is 5.81. The molecule has 4 nitrogen and oxygen atoms in total. The number of aromatic nitrogens is 1. The Morgan fingerprint density at radius 2 is 1.65 bits per heavy atom. The minimum Gasteiger partial charge on any atom is -0.441 e. The molecular formula is C26H23ClN2O2. The van der Waals surface area contributed by atoms with Gasteiger partial charge in [0.15, 0.2) is 11.7 Å². The molecule has 1 N–H and O–H groups in total. The van der Waals surface area contributed by atoms with Gasteiger partial charge in [-0.2, -0.15) is 0 Å². The lowest BCUT2D eigenvalue weighted by molar-refractivity contribution is -0.121. The molecule has 5 heteroatoms. The fourth-order valence-electron chi connectivity index (χ4n) is 3.43. The van der Waals surface area contributed by atoms with Crippen molar-refractivity contribution in [3.63, 3.8) is 0 Å². The van der Waals surface area contributed by atoms with Gasteiger partial charge < -0.3 is 9.73 Å². The van der Waals surface area contributed by atoms with Gasteiger partial charge in [-0.25, -0.2) is 4.98 Å². The molecule has 0 fully saturated rings. The molecule has 0 aliphatic rings. The number of nitrogens with one attached hydrogen (secondary N) is 1. The summed E-state index contributed by atoms with van der Waals surface area (Å²) in [5.74, 6) is 1.05. The number of nitrogens with zero attached hydrogens (tertiary/aromatic N) is 1. The quantitative estimate of drug-likeness (QED) is 0.383. The van der Waals surface area contributed by atoms with Gasteiger partial charge in [-0.15, -0.1) is 0 Å².